The number of Topliss-reactive ketones (excluding diaryl/α,β-unsaturated/α-hetero) is 1. The van der Waals surface area contributed by atoms with E-state index in [9.17, 15) is 27.6 Å². The number of hydrogen-bond acceptors (Lipinski definition) is 4. The number of para-hydroxylation sites is 1. The topological polar surface area (TPSA) is 93.1 Å². The third-order valence-electron chi connectivity index (χ3n) is 7.74. The van der Waals surface area contributed by atoms with E-state index in [-0.39, 0.29) is 23.3 Å². The molecule has 0 fully saturated rings. The molecular weight excluding hydrogens is 581 g/mol. The Labute approximate surface area is 258 Å². The molecular formula is C35H31F3N4O3. The van der Waals surface area contributed by atoms with Gasteiger partial charge < -0.3 is 15.2 Å². The van der Waals surface area contributed by atoms with E-state index in [4.69, 9.17) is 0 Å². The van der Waals surface area contributed by atoms with Crippen LogP contribution < -0.4 is 10.6 Å². The molecule has 5 aromatic rings. The van der Waals surface area contributed by atoms with E-state index in [0.29, 0.717) is 34.3 Å². The predicted molar refractivity (Wildman–Crippen MR) is 165 cm³/mol. The number of nitrogens with zero attached hydrogens (tertiary/aromatic N) is 2. The molecule has 0 aliphatic heterocycles. The fourth-order valence-electron chi connectivity index (χ4n) is 5.64. The molecule has 5 rings (SSSR count). The van der Waals surface area contributed by atoms with Crippen LogP contribution in [0.3, 0.4) is 0 Å². The Morgan fingerprint density at radius 3 is 2.33 bits per heavy atom. The molecule has 7 nitrogen and oxygen atoms in total. The maximum atomic E-state index is 14.5. The SMILES string of the molecule is CC[C@@H](C(=O)N[C@@H](Cc1cc(F)cc(F)c1)c1ncccc1-c1ccc(F)c(C(=O)NC)c1)n1cc(C(C)=O)c2ccccc21. The summed E-state index contributed by atoms with van der Waals surface area (Å²) in [6, 6.07) is 16.2. The van der Waals surface area contributed by atoms with Gasteiger partial charge in [0.05, 0.1) is 17.3 Å². The van der Waals surface area contributed by atoms with Gasteiger partial charge in [0.25, 0.3) is 5.91 Å². The summed E-state index contributed by atoms with van der Waals surface area (Å²) in [5.41, 5.74) is 2.59. The summed E-state index contributed by atoms with van der Waals surface area (Å²) in [6.07, 6.45) is 3.52. The van der Waals surface area contributed by atoms with Crippen molar-refractivity contribution in [1.29, 1.82) is 0 Å². The average molecular weight is 613 g/mol. The number of pyridine rings is 1. The summed E-state index contributed by atoms with van der Waals surface area (Å²) in [7, 11) is 1.39. The molecule has 0 bridgehead atoms. The van der Waals surface area contributed by atoms with Crippen LogP contribution in [0.25, 0.3) is 22.0 Å². The zero-order chi connectivity index (χ0) is 32.2. The molecule has 2 amide bonds. The standard InChI is InChI=1S/C35H31F3N4O3/c1-4-31(42-19-28(20(2)43)26-8-5-6-10-32(26)42)35(45)41-30(16-21-14-23(36)18-24(37)15-21)33-25(9-7-13-40-33)22-11-12-29(38)27(17-22)34(44)39-3/h5-15,17-19,30-31H,4,16H2,1-3H3,(H,39,44)(H,41,45)/t30-,31-/m0/s1. The highest BCUT2D eigenvalue weighted by atomic mass is 19.1. The van der Waals surface area contributed by atoms with Gasteiger partial charge in [-0.3, -0.25) is 19.4 Å². The largest absolute Gasteiger partial charge is 0.355 e. The first-order chi connectivity index (χ1) is 21.6. The van der Waals surface area contributed by atoms with Crippen LogP contribution in [0.5, 0.6) is 0 Å². The monoisotopic (exact) mass is 612 g/mol. The predicted octanol–water partition coefficient (Wildman–Crippen LogP) is 6.73. The molecule has 0 aliphatic rings. The Balaban J connectivity index is 1.60. The number of carbonyl (C=O) groups excluding carboxylic acids is 3. The van der Waals surface area contributed by atoms with Crippen molar-refractivity contribution in [3.8, 4) is 11.1 Å². The molecule has 2 aromatic heterocycles. The van der Waals surface area contributed by atoms with Crippen LogP contribution in [0, 0.1) is 17.5 Å². The third-order valence-corrected chi connectivity index (χ3v) is 7.74. The molecule has 0 saturated carbocycles. The van der Waals surface area contributed by atoms with Crippen molar-refractivity contribution in [3.63, 3.8) is 0 Å². The minimum atomic E-state index is -0.897. The zero-order valence-corrected chi connectivity index (χ0v) is 24.9. The highest BCUT2D eigenvalue weighted by Crippen LogP contribution is 2.32. The van der Waals surface area contributed by atoms with E-state index in [1.54, 1.807) is 22.9 Å². The van der Waals surface area contributed by atoms with Gasteiger partial charge in [0, 0.05) is 47.5 Å². The zero-order valence-electron chi connectivity index (χ0n) is 24.9. The van der Waals surface area contributed by atoms with Gasteiger partial charge in [0.2, 0.25) is 5.91 Å². The summed E-state index contributed by atoms with van der Waals surface area (Å²) < 4.78 is 44.8. The molecule has 0 unspecified atom stereocenters. The number of halogens is 3. The van der Waals surface area contributed by atoms with Gasteiger partial charge in [-0.2, -0.15) is 0 Å². The fourth-order valence-corrected chi connectivity index (χ4v) is 5.64. The van der Waals surface area contributed by atoms with Crippen molar-refractivity contribution in [3.05, 3.63) is 125 Å². The van der Waals surface area contributed by atoms with Gasteiger partial charge in [0.1, 0.15) is 23.5 Å². The van der Waals surface area contributed by atoms with Crippen molar-refractivity contribution in [2.45, 2.75) is 38.8 Å². The lowest BCUT2D eigenvalue weighted by Crippen LogP contribution is -2.36. The summed E-state index contributed by atoms with van der Waals surface area (Å²) in [5.74, 6) is -3.41. The Morgan fingerprint density at radius 1 is 0.911 bits per heavy atom. The molecule has 10 heteroatoms. The summed E-state index contributed by atoms with van der Waals surface area (Å²) in [6.45, 7) is 3.31. The third kappa shape index (κ3) is 6.50. The number of hydrogen-bond donors (Lipinski definition) is 2. The van der Waals surface area contributed by atoms with Gasteiger partial charge >= 0.3 is 0 Å². The van der Waals surface area contributed by atoms with Crippen molar-refractivity contribution in [2.24, 2.45) is 0 Å². The number of ketones is 1. The van der Waals surface area contributed by atoms with Crippen molar-refractivity contribution in [2.75, 3.05) is 7.05 Å². The molecule has 45 heavy (non-hydrogen) atoms. The number of nitrogens with one attached hydrogen (secondary N) is 2. The van der Waals surface area contributed by atoms with Crippen LogP contribution in [-0.4, -0.2) is 34.2 Å². The van der Waals surface area contributed by atoms with Crippen molar-refractivity contribution >= 4 is 28.5 Å². The maximum Gasteiger partial charge on any atom is 0.254 e. The number of amides is 2. The highest BCUT2D eigenvalue weighted by molar-refractivity contribution is 6.07. The first-order valence-electron chi connectivity index (χ1n) is 14.4. The normalized spacial score (nSPS) is 12.5. The van der Waals surface area contributed by atoms with Gasteiger partial charge in [-0.1, -0.05) is 37.3 Å². The van der Waals surface area contributed by atoms with E-state index >= 15 is 0 Å². The van der Waals surface area contributed by atoms with Gasteiger partial charge in [-0.15, -0.1) is 0 Å². The maximum absolute atomic E-state index is 14.5. The number of carbonyl (C=O) groups is 3. The lowest BCUT2D eigenvalue weighted by atomic mass is 9.94. The van der Waals surface area contributed by atoms with E-state index in [1.165, 1.54) is 50.5 Å². The molecule has 3 aromatic carbocycles. The minimum Gasteiger partial charge on any atom is -0.355 e. The second-order valence-electron chi connectivity index (χ2n) is 10.7. The second kappa shape index (κ2) is 13.2. The van der Waals surface area contributed by atoms with Crippen LogP contribution in [-0.2, 0) is 11.2 Å². The van der Waals surface area contributed by atoms with Gasteiger partial charge in [0.15, 0.2) is 5.78 Å². The molecule has 0 spiro atoms. The molecule has 2 heterocycles. The van der Waals surface area contributed by atoms with Crippen LogP contribution in [0.1, 0.15) is 64.3 Å². The number of fused-ring (bicyclic) bond motifs is 1. The van der Waals surface area contributed by atoms with Crippen molar-refractivity contribution < 1.29 is 27.6 Å². The first-order valence-corrected chi connectivity index (χ1v) is 14.4. The highest BCUT2D eigenvalue weighted by Gasteiger charge is 2.28. The second-order valence-corrected chi connectivity index (χ2v) is 10.7. The smallest absolute Gasteiger partial charge is 0.254 e. The molecule has 2 atom stereocenters. The molecule has 230 valence electrons. The molecule has 0 aliphatic carbocycles. The molecule has 2 N–H and O–H groups in total. The van der Waals surface area contributed by atoms with Crippen LogP contribution in [0.4, 0.5) is 13.2 Å². The summed E-state index contributed by atoms with van der Waals surface area (Å²) in [4.78, 5) is 43.4. The minimum absolute atomic E-state index is 0.0323. The van der Waals surface area contributed by atoms with Crippen LogP contribution in [0.2, 0.25) is 0 Å². The van der Waals surface area contributed by atoms with E-state index in [1.807, 2.05) is 31.2 Å². The van der Waals surface area contributed by atoms with Gasteiger partial charge in [-0.25, -0.2) is 13.2 Å². The average Bonchev–Trinajstić information content (AvgIpc) is 3.40. The number of rotatable bonds is 10. The van der Waals surface area contributed by atoms with Gasteiger partial charge in [-0.05, 0) is 67.3 Å². The molecule has 0 saturated heterocycles. The number of benzene rings is 3. The van der Waals surface area contributed by atoms with Crippen LogP contribution in [0.15, 0.2) is 85.2 Å². The Hall–Kier alpha value is -5.25. The molecule has 0 radical (unpaired) electrons. The lowest BCUT2D eigenvalue weighted by molar-refractivity contribution is -0.125. The Kier molecular flexibility index (Phi) is 9.13. The summed E-state index contributed by atoms with van der Waals surface area (Å²) >= 11 is 0. The lowest BCUT2D eigenvalue weighted by Gasteiger charge is -2.25. The first kappa shape index (κ1) is 31.2. The number of aromatic nitrogens is 2. The van der Waals surface area contributed by atoms with Crippen LogP contribution >= 0.6 is 0 Å². The van der Waals surface area contributed by atoms with E-state index in [2.05, 4.69) is 15.6 Å². The Morgan fingerprint density at radius 2 is 1.64 bits per heavy atom. The van der Waals surface area contributed by atoms with E-state index in [0.717, 1.165) is 11.5 Å². The quantitative estimate of drug-likeness (QED) is 0.171. The summed E-state index contributed by atoms with van der Waals surface area (Å²) in [5, 5.41) is 6.18. The Bertz CT molecular complexity index is 1900. The van der Waals surface area contributed by atoms with Crippen molar-refractivity contribution in [1.82, 2.24) is 20.2 Å². The van der Waals surface area contributed by atoms with E-state index < -0.39 is 41.3 Å². The fraction of sp³-hybridized carbons (Fsp3) is 0.200.